The molecule has 0 aliphatic carbocycles. The predicted molar refractivity (Wildman–Crippen MR) is 133 cm³/mol. The van der Waals surface area contributed by atoms with E-state index in [-0.39, 0.29) is 6.10 Å². The molecule has 1 aromatic heterocycles. The molecule has 172 valence electrons. The van der Waals surface area contributed by atoms with E-state index in [0.717, 1.165) is 30.0 Å². The molecule has 31 heavy (non-hydrogen) atoms. The summed E-state index contributed by atoms with van der Waals surface area (Å²) in [4.78, 5) is 9.19. The van der Waals surface area contributed by atoms with Crippen LogP contribution >= 0.6 is 0 Å². The summed E-state index contributed by atoms with van der Waals surface area (Å²) in [6.45, 7) is 6.66. The van der Waals surface area contributed by atoms with Crippen molar-refractivity contribution in [2.75, 3.05) is 0 Å². The first-order valence-electron chi connectivity index (χ1n) is 12.8. The topological polar surface area (TPSA) is 35.0 Å². The van der Waals surface area contributed by atoms with Crippen molar-refractivity contribution >= 4 is 0 Å². The fourth-order valence-electron chi connectivity index (χ4n) is 3.93. The maximum absolute atomic E-state index is 6.03. The van der Waals surface area contributed by atoms with E-state index >= 15 is 0 Å². The van der Waals surface area contributed by atoms with Crippen LogP contribution in [0.4, 0.5) is 0 Å². The van der Waals surface area contributed by atoms with Gasteiger partial charge < -0.3 is 4.74 Å². The van der Waals surface area contributed by atoms with Crippen LogP contribution < -0.4 is 4.74 Å². The normalized spacial score (nSPS) is 12.1. The molecular weight excluding hydrogens is 380 g/mol. The number of ether oxygens (including phenoxy) is 1. The first-order chi connectivity index (χ1) is 15.2. The molecule has 0 saturated carbocycles. The minimum Gasteiger partial charge on any atom is -0.491 e. The molecule has 0 saturated heterocycles. The Labute approximate surface area is 191 Å². The fraction of sp³-hybridized carbons (Fsp3) is 0.643. The Bertz CT molecular complexity index is 681. The van der Waals surface area contributed by atoms with Crippen LogP contribution in [0.3, 0.4) is 0 Å². The van der Waals surface area contributed by atoms with Gasteiger partial charge in [0.1, 0.15) is 5.75 Å². The number of rotatable bonds is 17. The van der Waals surface area contributed by atoms with Gasteiger partial charge in [-0.3, -0.25) is 0 Å². The van der Waals surface area contributed by atoms with Gasteiger partial charge in [0.15, 0.2) is 5.82 Å². The quantitative estimate of drug-likeness (QED) is 0.238. The van der Waals surface area contributed by atoms with Gasteiger partial charge in [-0.05, 0) is 62.4 Å². The van der Waals surface area contributed by atoms with Gasteiger partial charge >= 0.3 is 0 Å². The van der Waals surface area contributed by atoms with Gasteiger partial charge in [-0.15, -0.1) is 0 Å². The van der Waals surface area contributed by atoms with Crippen LogP contribution in [0.2, 0.25) is 0 Å². The van der Waals surface area contributed by atoms with E-state index in [1.54, 1.807) is 0 Å². The minimum atomic E-state index is 0.258. The first-order valence-corrected chi connectivity index (χ1v) is 12.8. The maximum atomic E-state index is 6.03. The summed E-state index contributed by atoms with van der Waals surface area (Å²) in [5.41, 5.74) is 2.29. The van der Waals surface area contributed by atoms with E-state index in [4.69, 9.17) is 4.74 Å². The zero-order chi connectivity index (χ0) is 22.2. The maximum Gasteiger partial charge on any atom is 0.159 e. The van der Waals surface area contributed by atoms with Gasteiger partial charge in [0.25, 0.3) is 0 Å². The monoisotopic (exact) mass is 424 g/mol. The lowest BCUT2D eigenvalue weighted by atomic mass is 10.1. The molecule has 1 heterocycles. The molecule has 3 nitrogen and oxygen atoms in total. The van der Waals surface area contributed by atoms with Crippen molar-refractivity contribution in [3.05, 3.63) is 42.2 Å². The smallest absolute Gasteiger partial charge is 0.159 e. The molecule has 0 radical (unpaired) electrons. The summed E-state index contributed by atoms with van der Waals surface area (Å²) >= 11 is 0. The Morgan fingerprint density at radius 1 is 0.710 bits per heavy atom. The highest BCUT2D eigenvalue weighted by Gasteiger charge is 2.06. The molecule has 3 heteroatoms. The Hall–Kier alpha value is -1.90. The van der Waals surface area contributed by atoms with Crippen molar-refractivity contribution in [2.24, 2.45) is 0 Å². The summed E-state index contributed by atoms with van der Waals surface area (Å²) in [7, 11) is 0. The van der Waals surface area contributed by atoms with Gasteiger partial charge in [-0.1, -0.05) is 78.1 Å². The van der Waals surface area contributed by atoms with Crippen LogP contribution in [-0.2, 0) is 6.42 Å². The lowest BCUT2D eigenvalue weighted by molar-refractivity contribution is 0.206. The zero-order valence-corrected chi connectivity index (χ0v) is 20.2. The van der Waals surface area contributed by atoms with Gasteiger partial charge in [-0.2, -0.15) is 0 Å². The van der Waals surface area contributed by atoms with E-state index in [1.165, 1.54) is 82.6 Å². The number of hydrogen-bond acceptors (Lipinski definition) is 3. The van der Waals surface area contributed by atoms with Gasteiger partial charge in [0, 0.05) is 18.0 Å². The summed E-state index contributed by atoms with van der Waals surface area (Å²) < 4.78 is 6.03. The second kappa shape index (κ2) is 15.8. The number of aromatic nitrogens is 2. The molecule has 1 aromatic carbocycles. The van der Waals surface area contributed by atoms with Crippen molar-refractivity contribution in [1.82, 2.24) is 9.97 Å². The zero-order valence-electron chi connectivity index (χ0n) is 20.2. The number of hydrogen-bond donors (Lipinski definition) is 0. The number of aryl methyl sites for hydroxylation is 1. The molecule has 0 fully saturated rings. The Balaban J connectivity index is 1.67. The highest BCUT2D eigenvalue weighted by atomic mass is 16.5. The largest absolute Gasteiger partial charge is 0.491 e. The van der Waals surface area contributed by atoms with Crippen LogP contribution in [0.25, 0.3) is 11.4 Å². The molecule has 2 rings (SSSR count). The van der Waals surface area contributed by atoms with Gasteiger partial charge in [0.2, 0.25) is 0 Å². The molecule has 1 atom stereocenters. The standard InChI is InChI=1S/C28H44N2O/c1-4-6-8-9-10-11-12-13-15-17-25-22-29-28(30-23-25)26-18-20-27(21-19-26)31-24(3)16-14-7-5-2/h18-24H,4-17H2,1-3H3/t24-/m0/s1. The number of unbranched alkanes of at least 4 members (excludes halogenated alkanes) is 10. The molecule has 0 unspecified atom stereocenters. The van der Waals surface area contributed by atoms with Crippen LogP contribution in [0.15, 0.2) is 36.7 Å². The average molecular weight is 425 g/mol. The second-order valence-electron chi connectivity index (χ2n) is 8.94. The molecular formula is C28H44N2O. The molecule has 0 aliphatic heterocycles. The average Bonchev–Trinajstić information content (AvgIpc) is 2.79. The van der Waals surface area contributed by atoms with Crippen LogP contribution in [0, 0.1) is 0 Å². The lowest BCUT2D eigenvalue weighted by Crippen LogP contribution is -2.11. The van der Waals surface area contributed by atoms with E-state index in [0.29, 0.717) is 0 Å². The van der Waals surface area contributed by atoms with Crippen molar-refractivity contribution in [2.45, 2.75) is 117 Å². The van der Waals surface area contributed by atoms with Crippen molar-refractivity contribution < 1.29 is 4.74 Å². The minimum absolute atomic E-state index is 0.258. The highest BCUT2D eigenvalue weighted by molar-refractivity contribution is 5.55. The Morgan fingerprint density at radius 3 is 1.87 bits per heavy atom. The van der Waals surface area contributed by atoms with E-state index < -0.39 is 0 Å². The van der Waals surface area contributed by atoms with Crippen LogP contribution in [0.5, 0.6) is 5.75 Å². The number of nitrogens with zero attached hydrogens (tertiary/aromatic N) is 2. The molecule has 0 spiro atoms. The molecule has 2 aromatic rings. The highest BCUT2D eigenvalue weighted by Crippen LogP contribution is 2.21. The van der Waals surface area contributed by atoms with E-state index in [2.05, 4.69) is 42.9 Å². The van der Waals surface area contributed by atoms with E-state index in [1.807, 2.05) is 24.5 Å². The molecule has 0 bridgehead atoms. The lowest BCUT2D eigenvalue weighted by Gasteiger charge is -2.14. The van der Waals surface area contributed by atoms with Crippen molar-refractivity contribution in [3.63, 3.8) is 0 Å². The van der Waals surface area contributed by atoms with Gasteiger partial charge in [0.05, 0.1) is 6.10 Å². The van der Waals surface area contributed by atoms with Crippen LogP contribution in [0.1, 0.15) is 110 Å². The molecule has 0 N–H and O–H groups in total. The Morgan fingerprint density at radius 2 is 1.26 bits per heavy atom. The van der Waals surface area contributed by atoms with Crippen LogP contribution in [-0.4, -0.2) is 16.1 Å². The Kier molecular flexibility index (Phi) is 13.0. The second-order valence-corrected chi connectivity index (χ2v) is 8.94. The summed E-state index contributed by atoms with van der Waals surface area (Å²) in [5, 5.41) is 0. The summed E-state index contributed by atoms with van der Waals surface area (Å²) in [5.74, 6) is 1.72. The van der Waals surface area contributed by atoms with Gasteiger partial charge in [-0.25, -0.2) is 9.97 Å². The SMILES string of the molecule is CCCCCCCCCCCc1cnc(-c2ccc(O[C@@H](C)CCCCC)cc2)nc1. The third-order valence-corrected chi connectivity index (χ3v) is 5.94. The third-order valence-electron chi connectivity index (χ3n) is 5.94. The molecule has 0 aliphatic rings. The third kappa shape index (κ3) is 10.8. The van der Waals surface area contributed by atoms with Crippen molar-refractivity contribution in [1.29, 1.82) is 0 Å². The van der Waals surface area contributed by atoms with Crippen molar-refractivity contribution in [3.8, 4) is 17.1 Å². The fourth-order valence-corrected chi connectivity index (χ4v) is 3.93. The predicted octanol–water partition coefficient (Wildman–Crippen LogP) is 8.56. The number of benzene rings is 1. The summed E-state index contributed by atoms with van der Waals surface area (Å²) in [6, 6.07) is 8.18. The first kappa shape index (κ1) is 25.4. The van der Waals surface area contributed by atoms with E-state index in [9.17, 15) is 0 Å². The summed E-state index contributed by atoms with van der Waals surface area (Å²) in [6.07, 6.45) is 22.4. The molecule has 0 amide bonds.